The van der Waals surface area contributed by atoms with Crippen LogP contribution in [0.15, 0.2) is 17.4 Å². The molecule has 6 heterocycles. The van der Waals surface area contributed by atoms with E-state index >= 15 is 4.39 Å². The molecule has 20 nitrogen and oxygen atoms in total. The number of imidazole rings is 1. The standard InChI is InChI=1S/C19H22FN11O9P2S2/c20-9-12(39-41(34)43)8(38-18(9)30-5-25-10-13(21)23-4-24-14(10)30)3-36-42(35,44)40-7-1-6(2-32)37-17(7)31-15-11(28-29-31)16(33)27-19(22)26-15/h4-9,12,17-18,32H,1-3H2,(H6-,21,22,23,24,26,27,29,33,34,35,43,44)/p+1/t6-,7+,8+,9-,12+,17+,18+,42?/m0/s1. The van der Waals surface area contributed by atoms with Gasteiger partial charge in [-0.25, -0.2) is 19.3 Å². The molecule has 2 aliphatic heterocycles. The Morgan fingerprint density at radius 1 is 1.25 bits per heavy atom. The molecular weight excluding hydrogens is 671 g/mol. The van der Waals surface area contributed by atoms with Crippen LogP contribution in [0.2, 0.25) is 0 Å². The first-order chi connectivity index (χ1) is 21.0. The van der Waals surface area contributed by atoms with Crippen LogP contribution in [0.4, 0.5) is 16.2 Å². The van der Waals surface area contributed by atoms with E-state index < -0.39 is 75.8 Å². The molecule has 6 rings (SSSR count). The minimum Gasteiger partial charge on any atom is -0.394 e. The molecule has 0 amide bonds. The van der Waals surface area contributed by atoms with E-state index in [4.69, 9.17) is 46.3 Å². The summed E-state index contributed by atoms with van der Waals surface area (Å²) in [7, 11) is -2.59. The Labute approximate surface area is 255 Å². The number of nitrogens with zero attached hydrogens (tertiary/aromatic N) is 8. The molecule has 236 valence electrons. The second kappa shape index (κ2) is 12.2. The van der Waals surface area contributed by atoms with Gasteiger partial charge in [-0.2, -0.15) is 9.67 Å². The zero-order valence-corrected chi connectivity index (χ0v) is 25.4. The molecular formula is C19H23FN11O9P2S2+. The Balaban J connectivity index is 1.20. The smallest absolute Gasteiger partial charge is 0.394 e. The summed E-state index contributed by atoms with van der Waals surface area (Å²) in [5, 5.41) is 17.4. The van der Waals surface area contributed by atoms with Gasteiger partial charge in [-0.1, -0.05) is 5.21 Å². The number of nitrogens with two attached hydrogens (primary N) is 2. The van der Waals surface area contributed by atoms with Crippen molar-refractivity contribution in [2.75, 3.05) is 24.7 Å². The lowest BCUT2D eigenvalue weighted by atomic mass is 10.1. The van der Waals surface area contributed by atoms with Gasteiger partial charge in [0.25, 0.3) is 5.56 Å². The van der Waals surface area contributed by atoms with Gasteiger partial charge >= 0.3 is 13.9 Å². The minimum absolute atomic E-state index is 0.0165. The normalized spacial score (nSPS) is 29.0. The number of halogens is 1. The van der Waals surface area contributed by atoms with Crippen LogP contribution in [0, 0.1) is 0 Å². The predicted octanol–water partition coefficient (Wildman–Crippen LogP) is -0.375. The van der Waals surface area contributed by atoms with E-state index in [-0.39, 0.29) is 40.5 Å². The molecule has 25 heteroatoms. The molecule has 4 aromatic rings. The number of hydrogen-bond donors (Lipinski definition) is 6. The number of nitrogens with one attached hydrogen (secondary N) is 1. The highest BCUT2D eigenvalue weighted by atomic mass is 32.7. The number of ether oxygens (including phenoxy) is 2. The lowest BCUT2D eigenvalue weighted by Crippen LogP contribution is -2.32. The number of aromatic nitrogens is 9. The highest BCUT2D eigenvalue weighted by molar-refractivity contribution is 8.39. The first kappa shape index (κ1) is 31.2. The van der Waals surface area contributed by atoms with E-state index in [1.165, 1.54) is 17.2 Å². The monoisotopic (exact) mass is 694 g/mol. The van der Waals surface area contributed by atoms with Crippen LogP contribution in [-0.4, -0.2) is 98.3 Å². The van der Waals surface area contributed by atoms with Crippen LogP contribution in [0.5, 0.6) is 0 Å². The number of H-pyrrole nitrogens is 1. The Kier molecular flexibility index (Phi) is 8.63. The Morgan fingerprint density at radius 2 is 2.05 bits per heavy atom. The largest absolute Gasteiger partial charge is 0.582 e. The number of anilines is 2. The summed E-state index contributed by atoms with van der Waals surface area (Å²) < 4.78 is 57.9. The number of alkyl halides is 1. The molecule has 7 N–H and O–H groups in total. The van der Waals surface area contributed by atoms with Crippen LogP contribution in [0.1, 0.15) is 18.9 Å². The summed E-state index contributed by atoms with van der Waals surface area (Å²) in [6.07, 6.45) is -6.65. The quantitative estimate of drug-likeness (QED) is 0.0912. The van der Waals surface area contributed by atoms with Crippen molar-refractivity contribution in [3.63, 3.8) is 0 Å². The number of aromatic amines is 1. The molecule has 44 heavy (non-hydrogen) atoms. The summed E-state index contributed by atoms with van der Waals surface area (Å²) >= 11 is 8.94. The van der Waals surface area contributed by atoms with Gasteiger partial charge in [0.15, 0.2) is 47.4 Å². The lowest BCUT2D eigenvalue weighted by Gasteiger charge is -2.25. The van der Waals surface area contributed by atoms with Gasteiger partial charge in [-0.3, -0.25) is 14.3 Å². The third-order valence-electron chi connectivity index (χ3n) is 6.75. The maximum atomic E-state index is 15.7. The summed E-state index contributed by atoms with van der Waals surface area (Å²) in [6.45, 7) is -5.16. The van der Waals surface area contributed by atoms with Gasteiger partial charge in [-0.15, -0.1) is 9.62 Å². The number of hydrogen-bond acceptors (Lipinski definition) is 17. The summed E-state index contributed by atoms with van der Waals surface area (Å²) in [4.78, 5) is 41.5. The van der Waals surface area contributed by atoms with Crippen molar-refractivity contribution in [1.29, 1.82) is 0 Å². The van der Waals surface area contributed by atoms with Crippen LogP contribution >= 0.6 is 26.2 Å². The van der Waals surface area contributed by atoms with Crippen molar-refractivity contribution < 1.29 is 42.0 Å². The SMILES string of the molecule is Nc1nc2c(nnn2[C@@H]2O[C@H](CO)C[C@H]2OP(O)(=S)OC[C@H]2O[C@@H](n3cnc4c(N)ncnc43)[C@@H](F)[C@@H]2O[P+](=O)S)c(=O)[nH]1. The number of fused-ring (bicyclic) bond motifs is 2. The molecule has 0 saturated carbocycles. The fraction of sp³-hybridized carbons (Fsp3) is 0.526. The van der Waals surface area contributed by atoms with Gasteiger partial charge in [0.1, 0.15) is 36.3 Å². The maximum Gasteiger partial charge on any atom is 0.582 e. The van der Waals surface area contributed by atoms with Gasteiger partial charge in [0.05, 0.1) is 25.6 Å². The molecule has 2 saturated heterocycles. The molecule has 2 unspecified atom stereocenters. The van der Waals surface area contributed by atoms with Crippen molar-refractivity contribution in [1.82, 2.24) is 44.5 Å². The van der Waals surface area contributed by atoms with Gasteiger partial charge < -0.3 is 40.0 Å². The van der Waals surface area contributed by atoms with E-state index in [1.807, 2.05) is 0 Å². The first-order valence-electron chi connectivity index (χ1n) is 12.5. The zero-order valence-electron chi connectivity index (χ0n) is 21.9. The molecule has 0 spiro atoms. The molecule has 0 aliphatic carbocycles. The third kappa shape index (κ3) is 5.93. The average molecular weight is 695 g/mol. The Hall–Kier alpha value is -2.82. The molecule has 0 aromatic carbocycles. The number of aliphatic hydroxyl groups is 1. The van der Waals surface area contributed by atoms with E-state index in [0.717, 1.165) is 4.68 Å². The first-order valence-corrected chi connectivity index (χ1v) is 17.5. The van der Waals surface area contributed by atoms with Gasteiger partial charge in [0, 0.05) is 6.42 Å². The predicted molar refractivity (Wildman–Crippen MR) is 153 cm³/mol. The number of rotatable bonds is 10. The van der Waals surface area contributed by atoms with Crippen LogP contribution in [0.25, 0.3) is 22.3 Å². The zero-order chi connectivity index (χ0) is 31.3. The van der Waals surface area contributed by atoms with Crippen molar-refractivity contribution in [2.45, 2.75) is 49.5 Å². The van der Waals surface area contributed by atoms with Crippen molar-refractivity contribution in [3.8, 4) is 0 Å². The number of thiol groups is 1. The molecule has 0 bridgehead atoms. The molecule has 0 radical (unpaired) electrons. The highest BCUT2D eigenvalue weighted by Gasteiger charge is 2.52. The Bertz CT molecular complexity index is 1830. The van der Waals surface area contributed by atoms with Crippen molar-refractivity contribution in [2.24, 2.45) is 0 Å². The topological polar surface area (TPSA) is 276 Å². The number of nitrogen functional groups attached to an aromatic ring is 2. The highest BCUT2D eigenvalue weighted by Crippen LogP contribution is 2.51. The van der Waals surface area contributed by atoms with E-state index in [9.17, 15) is 19.4 Å². The second-order valence-electron chi connectivity index (χ2n) is 9.53. The van der Waals surface area contributed by atoms with Crippen LogP contribution in [-0.2, 0) is 39.4 Å². The van der Waals surface area contributed by atoms with E-state index in [0.29, 0.717) is 0 Å². The third-order valence-corrected chi connectivity index (χ3v) is 9.05. The average Bonchev–Trinajstić information content (AvgIpc) is 3.73. The summed E-state index contributed by atoms with van der Waals surface area (Å²) in [5.74, 6) is -0.148. The summed E-state index contributed by atoms with van der Waals surface area (Å²) in [5.41, 5.74) is 11.0. The fourth-order valence-electron chi connectivity index (χ4n) is 4.88. The Morgan fingerprint density at radius 3 is 2.80 bits per heavy atom. The fourth-order valence-corrected chi connectivity index (χ4v) is 7.11. The van der Waals surface area contributed by atoms with Crippen molar-refractivity contribution in [3.05, 3.63) is 23.0 Å². The van der Waals surface area contributed by atoms with Gasteiger partial charge in [0.2, 0.25) is 5.95 Å². The van der Waals surface area contributed by atoms with Crippen molar-refractivity contribution >= 4 is 72.1 Å². The van der Waals surface area contributed by atoms with Gasteiger partial charge in [-0.05, 0) is 16.4 Å². The summed E-state index contributed by atoms with van der Waals surface area (Å²) in [6, 6.07) is 0. The molecule has 2 fully saturated rings. The minimum atomic E-state index is -4.16. The van der Waals surface area contributed by atoms with E-state index in [2.05, 4.69) is 47.5 Å². The molecule has 4 aromatic heterocycles. The molecule has 9 atom stereocenters. The maximum absolute atomic E-state index is 15.7. The molecule has 2 aliphatic rings. The lowest BCUT2D eigenvalue weighted by molar-refractivity contribution is -0.0585. The second-order valence-corrected chi connectivity index (χ2v) is 14.0. The van der Waals surface area contributed by atoms with Crippen LogP contribution < -0.4 is 17.0 Å². The van der Waals surface area contributed by atoms with Crippen LogP contribution in [0.3, 0.4) is 0 Å². The van der Waals surface area contributed by atoms with E-state index in [1.54, 1.807) is 0 Å². The number of aliphatic hydroxyl groups excluding tert-OH is 1.